The van der Waals surface area contributed by atoms with Gasteiger partial charge in [0, 0.05) is 0 Å². The van der Waals surface area contributed by atoms with Gasteiger partial charge in [0.15, 0.2) is 0 Å². The first kappa shape index (κ1) is 18.7. The number of nitrogens with two attached hydrogens (primary N) is 1. The maximum atomic E-state index is 5.48. The van der Waals surface area contributed by atoms with Crippen LogP contribution in [0.25, 0.3) is 0 Å². The van der Waals surface area contributed by atoms with E-state index in [1.54, 1.807) is 0 Å². The summed E-state index contributed by atoms with van der Waals surface area (Å²) < 4.78 is 0. The Morgan fingerprint density at radius 3 is 1.47 bits per heavy atom. The fourth-order valence-electron chi connectivity index (χ4n) is 2.39. The van der Waals surface area contributed by atoms with Crippen molar-refractivity contribution < 1.29 is 0 Å². The molecule has 1 heteroatoms. The minimum absolute atomic E-state index is 0.866. The third kappa shape index (κ3) is 17.7. The summed E-state index contributed by atoms with van der Waals surface area (Å²) in [5.74, 6) is 0. The van der Waals surface area contributed by atoms with E-state index in [2.05, 4.69) is 19.1 Å². The van der Waals surface area contributed by atoms with Crippen molar-refractivity contribution >= 4 is 0 Å². The van der Waals surface area contributed by atoms with Crippen molar-refractivity contribution in [2.24, 2.45) is 5.73 Å². The maximum absolute atomic E-state index is 5.48. The van der Waals surface area contributed by atoms with E-state index in [0.717, 1.165) is 6.54 Å². The largest absolute Gasteiger partial charge is 0.330 e. The van der Waals surface area contributed by atoms with Crippen LogP contribution in [0.2, 0.25) is 0 Å². The highest BCUT2D eigenvalue weighted by Gasteiger charge is 1.91. The van der Waals surface area contributed by atoms with Crippen LogP contribution in [0.1, 0.15) is 96.8 Å². The van der Waals surface area contributed by atoms with Gasteiger partial charge in [-0.25, -0.2) is 0 Å². The Morgan fingerprint density at radius 2 is 1.00 bits per heavy atom. The molecule has 0 aliphatic carbocycles. The highest BCUT2D eigenvalue weighted by atomic mass is 14.5. The molecule has 1 nitrogen and oxygen atoms in total. The topological polar surface area (TPSA) is 26.0 Å². The maximum Gasteiger partial charge on any atom is -0.00773 e. The summed E-state index contributed by atoms with van der Waals surface area (Å²) in [5, 5.41) is 0. The quantitative estimate of drug-likeness (QED) is 0.286. The van der Waals surface area contributed by atoms with Crippen LogP contribution >= 0.6 is 0 Å². The average Bonchev–Trinajstić information content (AvgIpc) is 2.43. The zero-order valence-corrected chi connectivity index (χ0v) is 13.3. The lowest BCUT2D eigenvalue weighted by Crippen LogP contribution is -1.97. The van der Waals surface area contributed by atoms with E-state index >= 15 is 0 Å². The molecule has 2 N–H and O–H groups in total. The van der Waals surface area contributed by atoms with Gasteiger partial charge in [0.1, 0.15) is 0 Å². The van der Waals surface area contributed by atoms with Crippen molar-refractivity contribution in [1.29, 1.82) is 0 Å². The average molecular weight is 268 g/mol. The van der Waals surface area contributed by atoms with E-state index < -0.39 is 0 Å². The summed E-state index contributed by atoms with van der Waals surface area (Å²) in [6.07, 6.45) is 23.9. The predicted octanol–water partition coefficient (Wildman–Crippen LogP) is 5.98. The summed E-state index contributed by atoms with van der Waals surface area (Å²) >= 11 is 0. The second-order valence-electron chi connectivity index (χ2n) is 5.73. The molecule has 0 bridgehead atoms. The zero-order chi connectivity index (χ0) is 14.0. The zero-order valence-electron chi connectivity index (χ0n) is 13.3. The van der Waals surface area contributed by atoms with E-state index in [1.165, 1.54) is 89.9 Å². The van der Waals surface area contributed by atoms with Crippen LogP contribution in [-0.4, -0.2) is 6.54 Å². The molecule has 0 aromatic rings. The molecule has 0 aliphatic rings. The van der Waals surface area contributed by atoms with E-state index in [-0.39, 0.29) is 0 Å². The Bertz CT molecular complexity index is 175. The monoisotopic (exact) mass is 267 g/mol. The lowest BCUT2D eigenvalue weighted by atomic mass is 10.1. The van der Waals surface area contributed by atoms with E-state index in [4.69, 9.17) is 5.73 Å². The van der Waals surface area contributed by atoms with Gasteiger partial charge in [-0.15, -0.1) is 0 Å². The van der Waals surface area contributed by atoms with Crippen LogP contribution in [-0.2, 0) is 0 Å². The van der Waals surface area contributed by atoms with Crippen LogP contribution in [0.3, 0.4) is 0 Å². The van der Waals surface area contributed by atoms with Gasteiger partial charge in [-0.1, -0.05) is 76.9 Å². The summed E-state index contributed by atoms with van der Waals surface area (Å²) in [6, 6.07) is 0. The molecule has 19 heavy (non-hydrogen) atoms. The summed E-state index contributed by atoms with van der Waals surface area (Å²) in [4.78, 5) is 0. The third-order valence-electron chi connectivity index (χ3n) is 3.72. The number of rotatable bonds is 15. The molecule has 0 aliphatic heterocycles. The molecule has 0 amide bonds. The Morgan fingerprint density at radius 1 is 0.579 bits per heavy atom. The molecule has 0 radical (unpaired) electrons. The molecule has 0 rings (SSSR count). The first-order chi connectivity index (χ1) is 9.41. The molecular weight excluding hydrogens is 230 g/mol. The SMILES string of the molecule is CCCCCCC=CCCCCCCCCCCN. The van der Waals surface area contributed by atoms with Crippen molar-refractivity contribution in [3.8, 4) is 0 Å². The Balaban J connectivity index is 2.99. The van der Waals surface area contributed by atoms with Gasteiger partial charge < -0.3 is 5.73 Å². The Hall–Kier alpha value is -0.300. The molecule has 0 aromatic carbocycles. The highest BCUT2D eigenvalue weighted by molar-refractivity contribution is 4.81. The molecule has 0 aromatic heterocycles. The molecule has 114 valence electrons. The molecular formula is C18H37N. The fraction of sp³-hybridized carbons (Fsp3) is 0.889. The van der Waals surface area contributed by atoms with Crippen molar-refractivity contribution in [2.45, 2.75) is 96.8 Å². The molecule has 0 fully saturated rings. The molecule has 0 heterocycles. The summed E-state index contributed by atoms with van der Waals surface area (Å²) in [7, 11) is 0. The second-order valence-corrected chi connectivity index (χ2v) is 5.73. The standard InChI is InChI=1S/C18H37N/c1-2-3-4-5-6-7-8-9-10-11-12-13-14-15-16-17-18-19/h7-8H,2-6,9-19H2,1H3. The van der Waals surface area contributed by atoms with Crippen LogP contribution in [0, 0.1) is 0 Å². The van der Waals surface area contributed by atoms with Gasteiger partial charge >= 0.3 is 0 Å². The first-order valence-electron chi connectivity index (χ1n) is 8.77. The highest BCUT2D eigenvalue weighted by Crippen LogP contribution is 2.10. The van der Waals surface area contributed by atoms with Crippen molar-refractivity contribution in [3.05, 3.63) is 12.2 Å². The summed E-state index contributed by atoms with van der Waals surface area (Å²) in [6.45, 7) is 3.14. The van der Waals surface area contributed by atoms with Crippen LogP contribution in [0.4, 0.5) is 0 Å². The number of allylic oxidation sites excluding steroid dienone is 2. The number of hydrogen-bond acceptors (Lipinski definition) is 1. The van der Waals surface area contributed by atoms with Crippen molar-refractivity contribution in [3.63, 3.8) is 0 Å². The lowest BCUT2D eigenvalue weighted by Gasteiger charge is -2.00. The predicted molar refractivity (Wildman–Crippen MR) is 88.5 cm³/mol. The Labute approximate surface area is 122 Å². The van der Waals surface area contributed by atoms with Crippen molar-refractivity contribution in [1.82, 2.24) is 0 Å². The van der Waals surface area contributed by atoms with Gasteiger partial charge in [0.05, 0.1) is 0 Å². The fourth-order valence-corrected chi connectivity index (χ4v) is 2.39. The summed E-state index contributed by atoms with van der Waals surface area (Å²) in [5.41, 5.74) is 5.48. The van der Waals surface area contributed by atoms with Crippen LogP contribution < -0.4 is 5.73 Å². The van der Waals surface area contributed by atoms with Gasteiger partial charge in [0.25, 0.3) is 0 Å². The van der Waals surface area contributed by atoms with Gasteiger partial charge in [0.2, 0.25) is 0 Å². The lowest BCUT2D eigenvalue weighted by molar-refractivity contribution is 0.571. The number of unbranched alkanes of at least 4 members (excludes halogenated alkanes) is 12. The third-order valence-corrected chi connectivity index (χ3v) is 3.72. The van der Waals surface area contributed by atoms with Gasteiger partial charge in [-0.3, -0.25) is 0 Å². The van der Waals surface area contributed by atoms with Gasteiger partial charge in [-0.05, 0) is 38.6 Å². The van der Waals surface area contributed by atoms with Crippen LogP contribution in [0.5, 0.6) is 0 Å². The number of hydrogen-bond donors (Lipinski definition) is 1. The minimum Gasteiger partial charge on any atom is -0.330 e. The van der Waals surface area contributed by atoms with Crippen molar-refractivity contribution in [2.75, 3.05) is 6.54 Å². The van der Waals surface area contributed by atoms with E-state index in [0.29, 0.717) is 0 Å². The molecule has 0 saturated heterocycles. The van der Waals surface area contributed by atoms with Gasteiger partial charge in [-0.2, -0.15) is 0 Å². The minimum atomic E-state index is 0.866. The molecule has 0 spiro atoms. The molecule has 0 atom stereocenters. The molecule has 0 saturated carbocycles. The molecule has 0 unspecified atom stereocenters. The normalized spacial score (nSPS) is 11.5. The first-order valence-corrected chi connectivity index (χ1v) is 8.77. The van der Waals surface area contributed by atoms with E-state index in [1.807, 2.05) is 0 Å². The Kier molecular flexibility index (Phi) is 17.4. The van der Waals surface area contributed by atoms with E-state index in [9.17, 15) is 0 Å². The second kappa shape index (κ2) is 17.7. The van der Waals surface area contributed by atoms with Crippen LogP contribution in [0.15, 0.2) is 12.2 Å². The smallest absolute Gasteiger partial charge is 0.00773 e.